The van der Waals surface area contributed by atoms with Crippen LogP contribution in [0.25, 0.3) is 0 Å². The minimum Gasteiger partial charge on any atom is -0.314 e. The smallest absolute Gasteiger partial charge is 0.314 e. The summed E-state index contributed by atoms with van der Waals surface area (Å²) in [5.41, 5.74) is 2.57. The average Bonchev–Trinajstić information content (AvgIpc) is 3.00. The Bertz CT molecular complexity index is 959. The van der Waals surface area contributed by atoms with Crippen molar-refractivity contribution >= 4 is 21.6 Å². The van der Waals surface area contributed by atoms with Crippen LogP contribution in [0, 0.1) is 12.7 Å². The number of urea groups is 1. The number of carbonyl (C=O) groups excluding carboxylic acids is 1. The Labute approximate surface area is 152 Å². The molecule has 2 saturated heterocycles. The largest absolute Gasteiger partial charge is 0.325 e. The highest BCUT2D eigenvalue weighted by molar-refractivity contribution is 7.91. The van der Waals surface area contributed by atoms with Gasteiger partial charge in [0.1, 0.15) is 5.82 Å². The third-order valence-electron chi connectivity index (χ3n) is 5.02. The van der Waals surface area contributed by atoms with E-state index >= 15 is 0 Å². The van der Waals surface area contributed by atoms with Crippen LogP contribution < -0.4 is 4.90 Å². The van der Waals surface area contributed by atoms with Gasteiger partial charge in [0.2, 0.25) is 0 Å². The fourth-order valence-corrected chi connectivity index (χ4v) is 5.82. The second-order valence-electron chi connectivity index (χ2n) is 6.96. The molecule has 0 bridgehead atoms. The Balaban J connectivity index is 1.70. The summed E-state index contributed by atoms with van der Waals surface area (Å²) in [5, 5.41) is 0. The molecule has 26 heavy (non-hydrogen) atoms. The van der Waals surface area contributed by atoms with Gasteiger partial charge >= 0.3 is 6.03 Å². The summed E-state index contributed by atoms with van der Waals surface area (Å²) in [6.07, 6.45) is 0. The molecular formula is C19H19FN2O3S. The molecule has 0 aromatic heterocycles. The van der Waals surface area contributed by atoms with Gasteiger partial charge in [0, 0.05) is 12.2 Å². The number of sulfone groups is 1. The first-order chi connectivity index (χ1) is 12.3. The molecule has 0 spiro atoms. The molecule has 2 aromatic rings. The molecule has 2 aliphatic rings. The van der Waals surface area contributed by atoms with Gasteiger partial charge in [-0.1, -0.05) is 29.8 Å². The Morgan fingerprint density at radius 3 is 2.46 bits per heavy atom. The zero-order valence-electron chi connectivity index (χ0n) is 14.3. The van der Waals surface area contributed by atoms with Crippen LogP contribution in [0.3, 0.4) is 0 Å². The Kier molecular flexibility index (Phi) is 3.99. The minimum absolute atomic E-state index is 0.0348. The van der Waals surface area contributed by atoms with Gasteiger partial charge in [-0.3, -0.25) is 4.90 Å². The summed E-state index contributed by atoms with van der Waals surface area (Å²) >= 11 is 0. The van der Waals surface area contributed by atoms with Crippen molar-refractivity contribution < 1.29 is 17.6 Å². The maximum Gasteiger partial charge on any atom is 0.325 e. The van der Waals surface area contributed by atoms with E-state index in [1.54, 1.807) is 4.90 Å². The molecule has 0 unspecified atom stereocenters. The standard InChI is InChI=1S/C19H19FN2O3S/c1-13-3-2-4-14(9-13)10-21-17-11-26(24,25)12-18(17)22(19(21)23)16-7-5-15(20)6-8-16/h2-9,17-18H,10-12H2,1H3/t17-,18+/m1/s1. The van der Waals surface area contributed by atoms with E-state index in [1.807, 2.05) is 31.2 Å². The second kappa shape index (κ2) is 6.09. The minimum atomic E-state index is -3.22. The van der Waals surface area contributed by atoms with Crippen molar-refractivity contribution in [1.82, 2.24) is 4.90 Å². The van der Waals surface area contributed by atoms with Gasteiger partial charge < -0.3 is 4.90 Å². The highest BCUT2D eigenvalue weighted by atomic mass is 32.2. The van der Waals surface area contributed by atoms with Gasteiger partial charge in [0.05, 0.1) is 23.6 Å². The van der Waals surface area contributed by atoms with Crippen LogP contribution in [-0.2, 0) is 16.4 Å². The van der Waals surface area contributed by atoms with Crippen LogP contribution in [0.5, 0.6) is 0 Å². The summed E-state index contributed by atoms with van der Waals surface area (Å²) in [6.45, 7) is 2.33. The van der Waals surface area contributed by atoms with Gasteiger partial charge in [-0.05, 0) is 36.8 Å². The average molecular weight is 374 g/mol. The number of rotatable bonds is 3. The van der Waals surface area contributed by atoms with E-state index in [0.29, 0.717) is 12.2 Å². The third kappa shape index (κ3) is 2.96. The van der Waals surface area contributed by atoms with Gasteiger partial charge in [0.25, 0.3) is 0 Å². The molecule has 2 heterocycles. The second-order valence-corrected chi connectivity index (χ2v) is 9.11. The zero-order chi connectivity index (χ0) is 18.5. The van der Waals surface area contributed by atoms with Crippen molar-refractivity contribution in [3.63, 3.8) is 0 Å². The first-order valence-electron chi connectivity index (χ1n) is 8.45. The van der Waals surface area contributed by atoms with Gasteiger partial charge in [-0.2, -0.15) is 0 Å². The lowest BCUT2D eigenvalue weighted by Crippen LogP contribution is -2.37. The normalized spacial score (nSPS) is 24.2. The van der Waals surface area contributed by atoms with Crippen LogP contribution in [0.2, 0.25) is 0 Å². The Hall–Kier alpha value is -2.41. The summed E-state index contributed by atoms with van der Waals surface area (Å²) in [4.78, 5) is 16.2. The van der Waals surface area contributed by atoms with Crippen LogP contribution in [0.1, 0.15) is 11.1 Å². The molecule has 2 fully saturated rings. The van der Waals surface area contributed by atoms with E-state index in [2.05, 4.69) is 0 Å². The maximum absolute atomic E-state index is 13.3. The highest BCUT2D eigenvalue weighted by Crippen LogP contribution is 2.36. The number of hydrogen-bond donors (Lipinski definition) is 0. The van der Waals surface area contributed by atoms with Crippen molar-refractivity contribution in [2.45, 2.75) is 25.6 Å². The van der Waals surface area contributed by atoms with Gasteiger partial charge in [-0.15, -0.1) is 0 Å². The Morgan fingerprint density at radius 1 is 1.08 bits per heavy atom. The Morgan fingerprint density at radius 2 is 1.77 bits per heavy atom. The number of carbonyl (C=O) groups is 1. The van der Waals surface area contributed by atoms with Crippen molar-refractivity contribution in [3.8, 4) is 0 Å². The van der Waals surface area contributed by atoms with E-state index in [4.69, 9.17) is 0 Å². The van der Waals surface area contributed by atoms with E-state index < -0.39 is 27.7 Å². The van der Waals surface area contributed by atoms with Crippen LogP contribution >= 0.6 is 0 Å². The fraction of sp³-hybridized carbons (Fsp3) is 0.316. The molecular weight excluding hydrogens is 355 g/mol. The molecule has 7 heteroatoms. The summed E-state index contributed by atoms with van der Waals surface area (Å²) in [5.74, 6) is -0.495. The molecule has 2 amide bonds. The monoisotopic (exact) mass is 374 g/mol. The number of halogens is 1. The number of hydrogen-bond acceptors (Lipinski definition) is 3. The van der Waals surface area contributed by atoms with Crippen LogP contribution in [0.4, 0.5) is 14.9 Å². The zero-order valence-corrected chi connectivity index (χ0v) is 15.1. The SMILES string of the molecule is Cc1cccc(CN2C(=O)N(c3ccc(F)cc3)[C@H]3CS(=O)(=O)C[C@H]32)c1. The van der Waals surface area contributed by atoms with Gasteiger partial charge in [0.15, 0.2) is 9.84 Å². The molecule has 5 nitrogen and oxygen atoms in total. The van der Waals surface area contributed by atoms with Crippen molar-refractivity contribution in [1.29, 1.82) is 0 Å². The predicted molar refractivity (Wildman–Crippen MR) is 97.2 cm³/mol. The number of nitrogens with zero attached hydrogens (tertiary/aromatic N) is 2. The lowest BCUT2D eigenvalue weighted by molar-refractivity contribution is 0.206. The summed E-state index contributed by atoms with van der Waals surface area (Å²) in [6, 6.07) is 12.4. The van der Waals surface area contributed by atoms with Crippen molar-refractivity contribution in [3.05, 3.63) is 65.5 Å². The molecule has 0 N–H and O–H groups in total. The van der Waals surface area contributed by atoms with Crippen molar-refractivity contribution in [2.75, 3.05) is 16.4 Å². The van der Waals surface area contributed by atoms with Gasteiger partial charge in [-0.25, -0.2) is 17.6 Å². The molecule has 0 aliphatic carbocycles. The molecule has 2 aromatic carbocycles. The quantitative estimate of drug-likeness (QED) is 0.777. The predicted octanol–water partition coefficient (Wildman–Crippen LogP) is 2.74. The van der Waals surface area contributed by atoms with E-state index in [0.717, 1.165) is 11.1 Å². The molecule has 136 valence electrons. The van der Waals surface area contributed by atoms with E-state index in [-0.39, 0.29) is 17.5 Å². The lowest BCUT2D eigenvalue weighted by Gasteiger charge is -2.22. The number of amides is 2. The summed E-state index contributed by atoms with van der Waals surface area (Å²) in [7, 11) is -3.22. The summed E-state index contributed by atoms with van der Waals surface area (Å²) < 4.78 is 37.7. The number of anilines is 1. The maximum atomic E-state index is 13.3. The van der Waals surface area contributed by atoms with Crippen LogP contribution in [0.15, 0.2) is 48.5 Å². The molecule has 0 radical (unpaired) electrons. The number of fused-ring (bicyclic) bond motifs is 1. The first kappa shape index (κ1) is 17.0. The van der Waals surface area contributed by atoms with Crippen molar-refractivity contribution in [2.24, 2.45) is 0 Å². The van der Waals surface area contributed by atoms with E-state index in [9.17, 15) is 17.6 Å². The lowest BCUT2D eigenvalue weighted by atomic mass is 10.1. The fourth-order valence-electron chi connectivity index (χ4n) is 3.87. The first-order valence-corrected chi connectivity index (χ1v) is 10.3. The highest BCUT2D eigenvalue weighted by Gasteiger charge is 2.53. The molecule has 2 atom stereocenters. The molecule has 4 rings (SSSR count). The van der Waals surface area contributed by atoms with E-state index in [1.165, 1.54) is 29.2 Å². The molecule has 0 saturated carbocycles. The third-order valence-corrected chi connectivity index (χ3v) is 6.72. The topological polar surface area (TPSA) is 57.7 Å². The van der Waals surface area contributed by atoms with Crippen LogP contribution in [-0.4, -0.2) is 42.9 Å². The molecule has 2 aliphatic heterocycles. The number of aryl methyl sites for hydroxylation is 1. The number of benzene rings is 2.